The van der Waals surface area contributed by atoms with Crippen molar-refractivity contribution in [3.8, 4) is 11.5 Å². The zero-order chi connectivity index (χ0) is 22.5. The smallest absolute Gasteiger partial charge is 0.191 e. The molecular formula is C25H32N4O3. The summed E-state index contributed by atoms with van der Waals surface area (Å²) >= 11 is 0. The summed E-state index contributed by atoms with van der Waals surface area (Å²) in [5.41, 5.74) is 3.22. The Labute approximate surface area is 189 Å². The minimum atomic E-state index is 0.363. The minimum Gasteiger partial charge on any atom is -0.497 e. The Hall–Kier alpha value is -3.35. The van der Waals surface area contributed by atoms with Crippen LogP contribution in [0.25, 0.3) is 11.0 Å². The van der Waals surface area contributed by atoms with Crippen molar-refractivity contribution >= 4 is 22.6 Å². The summed E-state index contributed by atoms with van der Waals surface area (Å²) in [5, 5.41) is 8.13. The van der Waals surface area contributed by atoms with Gasteiger partial charge in [0.05, 0.1) is 20.8 Å². The summed E-state index contributed by atoms with van der Waals surface area (Å²) in [6.45, 7) is 4.60. The summed E-state index contributed by atoms with van der Waals surface area (Å²) in [6, 6.07) is 14.5. The Morgan fingerprint density at radius 3 is 2.41 bits per heavy atom. The van der Waals surface area contributed by atoms with Crippen LogP contribution in [0.4, 0.5) is 5.69 Å². The Morgan fingerprint density at radius 1 is 1.09 bits per heavy atom. The van der Waals surface area contributed by atoms with Gasteiger partial charge in [-0.1, -0.05) is 18.2 Å². The van der Waals surface area contributed by atoms with Crippen molar-refractivity contribution in [1.82, 2.24) is 10.6 Å². The van der Waals surface area contributed by atoms with Gasteiger partial charge in [-0.3, -0.25) is 4.99 Å². The summed E-state index contributed by atoms with van der Waals surface area (Å²) in [4.78, 5) is 6.78. The van der Waals surface area contributed by atoms with Crippen molar-refractivity contribution in [2.24, 2.45) is 4.99 Å². The number of methoxy groups -OCH3 is 2. The van der Waals surface area contributed by atoms with Crippen LogP contribution in [0.2, 0.25) is 0 Å². The molecule has 0 radical (unpaired) electrons. The van der Waals surface area contributed by atoms with Gasteiger partial charge in [0, 0.05) is 61.0 Å². The number of anilines is 1. The topological polar surface area (TPSA) is 71.3 Å². The van der Waals surface area contributed by atoms with E-state index in [-0.39, 0.29) is 0 Å². The highest BCUT2D eigenvalue weighted by Crippen LogP contribution is 2.30. The SMILES string of the molecule is CN=C(NCc1oc2ccccc2c1C)NC1CCN(c2cc(OC)cc(OC)c2)CC1. The number of guanidine groups is 1. The first kappa shape index (κ1) is 21.9. The van der Waals surface area contributed by atoms with Gasteiger partial charge in [-0.2, -0.15) is 0 Å². The summed E-state index contributed by atoms with van der Waals surface area (Å²) in [6.07, 6.45) is 2.04. The van der Waals surface area contributed by atoms with Gasteiger partial charge in [0.1, 0.15) is 22.8 Å². The van der Waals surface area contributed by atoms with Crippen LogP contribution in [0.3, 0.4) is 0 Å². The van der Waals surface area contributed by atoms with Gasteiger partial charge < -0.3 is 29.4 Å². The lowest BCUT2D eigenvalue weighted by molar-refractivity contribution is 0.393. The van der Waals surface area contributed by atoms with E-state index in [0.717, 1.165) is 65.8 Å². The molecule has 1 fully saturated rings. The minimum absolute atomic E-state index is 0.363. The monoisotopic (exact) mass is 436 g/mol. The number of benzene rings is 2. The van der Waals surface area contributed by atoms with Gasteiger partial charge in [0.15, 0.2) is 5.96 Å². The van der Waals surface area contributed by atoms with E-state index in [0.29, 0.717) is 12.6 Å². The molecule has 7 nitrogen and oxygen atoms in total. The average molecular weight is 437 g/mol. The molecule has 0 atom stereocenters. The molecule has 0 bridgehead atoms. The average Bonchev–Trinajstić information content (AvgIpc) is 3.17. The lowest BCUT2D eigenvalue weighted by atomic mass is 10.0. The fourth-order valence-corrected chi connectivity index (χ4v) is 4.20. The highest BCUT2D eigenvalue weighted by Gasteiger charge is 2.21. The van der Waals surface area contributed by atoms with Crippen molar-refractivity contribution in [2.45, 2.75) is 32.4 Å². The number of nitrogens with one attached hydrogen (secondary N) is 2. The first-order chi connectivity index (χ1) is 15.6. The van der Waals surface area contributed by atoms with E-state index in [1.807, 2.05) is 24.3 Å². The maximum absolute atomic E-state index is 6.01. The third-order valence-electron chi connectivity index (χ3n) is 6.12. The number of hydrogen-bond donors (Lipinski definition) is 2. The normalized spacial score (nSPS) is 15.1. The number of nitrogens with zero attached hydrogens (tertiary/aromatic N) is 2. The van der Waals surface area contributed by atoms with Crippen molar-refractivity contribution in [2.75, 3.05) is 39.3 Å². The molecule has 2 heterocycles. The Balaban J connectivity index is 1.32. The molecule has 1 aliphatic rings. The lowest BCUT2D eigenvalue weighted by Gasteiger charge is -2.34. The second-order valence-corrected chi connectivity index (χ2v) is 8.05. The van der Waals surface area contributed by atoms with Crippen molar-refractivity contribution in [1.29, 1.82) is 0 Å². The predicted octanol–water partition coefficient (Wildman–Crippen LogP) is 4.09. The molecule has 0 amide bonds. The fourth-order valence-electron chi connectivity index (χ4n) is 4.20. The first-order valence-corrected chi connectivity index (χ1v) is 11.0. The van der Waals surface area contributed by atoms with Gasteiger partial charge in [-0.15, -0.1) is 0 Å². The summed E-state index contributed by atoms with van der Waals surface area (Å²) in [7, 11) is 5.17. The lowest BCUT2D eigenvalue weighted by Crippen LogP contribution is -2.48. The molecular weight excluding hydrogens is 404 g/mol. The number of para-hydroxylation sites is 1. The van der Waals surface area contributed by atoms with Gasteiger partial charge in [-0.25, -0.2) is 0 Å². The maximum atomic E-state index is 6.01. The van der Waals surface area contributed by atoms with Crippen LogP contribution in [0.5, 0.6) is 11.5 Å². The Bertz CT molecular complexity index is 1060. The number of ether oxygens (including phenoxy) is 2. The van der Waals surface area contributed by atoms with Crippen LogP contribution < -0.4 is 25.0 Å². The summed E-state index contributed by atoms with van der Waals surface area (Å²) in [5.74, 6) is 3.36. The largest absolute Gasteiger partial charge is 0.497 e. The molecule has 32 heavy (non-hydrogen) atoms. The Kier molecular flexibility index (Phi) is 6.73. The molecule has 0 spiro atoms. The molecule has 7 heteroatoms. The van der Waals surface area contributed by atoms with Gasteiger partial charge in [0.2, 0.25) is 0 Å². The fraction of sp³-hybridized carbons (Fsp3) is 0.400. The van der Waals surface area contributed by atoms with Gasteiger partial charge in [-0.05, 0) is 25.8 Å². The molecule has 1 aliphatic heterocycles. The number of rotatable bonds is 6. The second kappa shape index (κ2) is 9.85. The van der Waals surface area contributed by atoms with Crippen molar-refractivity contribution < 1.29 is 13.9 Å². The second-order valence-electron chi connectivity index (χ2n) is 8.05. The van der Waals surface area contributed by atoms with Crippen LogP contribution in [0, 0.1) is 6.92 Å². The van der Waals surface area contributed by atoms with Crippen LogP contribution in [0.15, 0.2) is 51.9 Å². The third-order valence-corrected chi connectivity index (χ3v) is 6.12. The standard InChI is InChI=1S/C25H32N4O3/c1-17-22-7-5-6-8-23(22)32-24(17)16-27-25(26-2)28-18-9-11-29(12-10-18)19-13-20(30-3)15-21(14-19)31-4/h5-8,13-15,18H,9-12,16H2,1-4H3,(H2,26,27,28). The van der Waals surface area contributed by atoms with E-state index in [1.54, 1.807) is 21.3 Å². The van der Waals surface area contributed by atoms with E-state index >= 15 is 0 Å². The number of piperidine rings is 1. The van der Waals surface area contributed by atoms with Crippen LogP contribution in [-0.4, -0.2) is 46.4 Å². The van der Waals surface area contributed by atoms with E-state index in [4.69, 9.17) is 13.9 Å². The summed E-state index contributed by atoms with van der Waals surface area (Å²) < 4.78 is 16.8. The van der Waals surface area contributed by atoms with Crippen LogP contribution in [-0.2, 0) is 6.54 Å². The quantitative estimate of drug-likeness (QED) is 0.448. The van der Waals surface area contributed by atoms with Crippen LogP contribution >= 0.6 is 0 Å². The van der Waals surface area contributed by atoms with E-state index in [9.17, 15) is 0 Å². The van der Waals surface area contributed by atoms with E-state index < -0.39 is 0 Å². The van der Waals surface area contributed by atoms with Crippen molar-refractivity contribution in [3.63, 3.8) is 0 Å². The highest BCUT2D eigenvalue weighted by molar-refractivity contribution is 5.83. The third kappa shape index (κ3) is 4.77. The molecule has 0 unspecified atom stereocenters. The number of hydrogen-bond acceptors (Lipinski definition) is 5. The molecule has 0 saturated carbocycles. The molecule has 4 rings (SSSR count). The molecule has 1 saturated heterocycles. The van der Waals surface area contributed by atoms with E-state index in [2.05, 4.69) is 45.6 Å². The Morgan fingerprint density at radius 2 is 1.78 bits per heavy atom. The molecule has 3 aromatic rings. The number of fused-ring (bicyclic) bond motifs is 1. The zero-order valence-corrected chi connectivity index (χ0v) is 19.3. The predicted molar refractivity (Wildman–Crippen MR) is 129 cm³/mol. The number of aliphatic imine (C=N–C) groups is 1. The molecule has 2 aromatic carbocycles. The first-order valence-electron chi connectivity index (χ1n) is 11.0. The molecule has 0 aliphatic carbocycles. The van der Waals surface area contributed by atoms with Crippen molar-refractivity contribution in [3.05, 3.63) is 53.8 Å². The number of furan rings is 1. The molecule has 170 valence electrons. The van der Waals surface area contributed by atoms with Gasteiger partial charge >= 0.3 is 0 Å². The number of aryl methyl sites for hydroxylation is 1. The highest BCUT2D eigenvalue weighted by atomic mass is 16.5. The van der Waals surface area contributed by atoms with Gasteiger partial charge in [0.25, 0.3) is 0 Å². The van der Waals surface area contributed by atoms with Crippen LogP contribution in [0.1, 0.15) is 24.2 Å². The zero-order valence-electron chi connectivity index (χ0n) is 19.3. The maximum Gasteiger partial charge on any atom is 0.191 e. The van der Waals surface area contributed by atoms with E-state index in [1.165, 1.54) is 5.56 Å². The molecule has 2 N–H and O–H groups in total. The molecule has 1 aromatic heterocycles.